The van der Waals surface area contributed by atoms with E-state index in [0.29, 0.717) is 29.7 Å². The van der Waals surface area contributed by atoms with Crippen LogP contribution in [0.2, 0.25) is 5.02 Å². The lowest BCUT2D eigenvalue weighted by molar-refractivity contribution is 0.0696. The zero-order valence-electron chi connectivity index (χ0n) is 11.6. The van der Waals surface area contributed by atoms with Gasteiger partial charge >= 0.3 is 5.97 Å². The van der Waals surface area contributed by atoms with Crippen LogP contribution in [-0.2, 0) is 6.54 Å². The number of anilines is 1. The van der Waals surface area contributed by atoms with Crippen molar-refractivity contribution < 1.29 is 19.1 Å². The third-order valence-corrected chi connectivity index (χ3v) is 2.99. The quantitative estimate of drug-likeness (QED) is 0.808. The highest BCUT2D eigenvalue weighted by Crippen LogP contribution is 2.28. The third kappa shape index (κ3) is 4.16. The third-order valence-electron chi connectivity index (χ3n) is 2.76. The van der Waals surface area contributed by atoms with Crippen LogP contribution < -0.4 is 10.1 Å². The Kier molecular flexibility index (Phi) is 5.11. The molecular formula is C15H16ClNO4. The molecule has 0 saturated heterocycles. The van der Waals surface area contributed by atoms with Crippen molar-refractivity contribution >= 4 is 23.3 Å². The van der Waals surface area contributed by atoms with E-state index in [4.69, 9.17) is 25.9 Å². The fourth-order valence-corrected chi connectivity index (χ4v) is 1.92. The highest BCUT2D eigenvalue weighted by atomic mass is 35.5. The lowest BCUT2D eigenvalue weighted by Crippen LogP contribution is -2.03. The van der Waals surface area contributed by atoms with Crippen LogP contribution >= 0.6 is 11.6 Å². The number of benzene rings is 1. The number of hydrogen-bond donors (Lipinski definition) is 2. The maximum atomic E-state index is 10.8. The van der Waals surface area contributed by atoms with Crippen LogP contribution in [0.5, 0.6) is 5.75 Å². The minimum atomic E-state index is -1.01. The van der Waals surface area contributed by atoms with Gasteiger partial charge in [0.05, 0.1) is 24.4 Å². The second-order valence-electron chi connectivity index (χ2n) is 4.45. The fourth-order valence-electron chi connectivity index (χ4n) is 1.75. The Labute approximate surface area is 127 Å². The molecule has 2 N–H and O–H groups in total. The van der Waals surface area contributed by atoms with Crippen molar-refractivity contribution in [2.75, 3.05) is 11.9 Å². The second-order valence-corrected chi connectivity index (χ2v) is 4.89. The topological polar surface area (TPSA) is 71.7 Å². The van der Waals surface area contributed by atoms with Crippen LogP contribution in [0.1, 0.15) is 29.5 Å². The molecule has 1 aromatic heterocycles. The molecule has 0 aliphatic heterocycles. The van der Waals surface area contributed by atoms with Gasteiger partial charge in [-0.1, -0.05) is 18.5 Å². The van der Waals surface area contributed by atoms with Crippen molar-refractivity contribution in [3.05, 3.63) is 46.9 Å². The first-order chi connectivity index (χ1) is 10.1. The highest BCUT2D eigenvalue weighted by molar-refractivity contribution is 6.30. The SMILES string of the molecule is CCCOc1ccc(Cl)cc1NCc1cc(C(=O)O)co1. The normalized spacial score (nSPS) is 10.4. The lowest BCUT2D eigenvalue weighted by Gasteiger charge is -2.12. The van der Waals surface area contributed by atoms with Gasteiger partial charge in [-0.05, 0) is 30.7 Å². The highest BCUT2D eigenvalue weighted by Gasteiger charge is 2.09. The van der Waals surface area contributed by atoms with E-state index >= 15 is 0 Å². The molecule has 0 spiro atoms. The number of carboxylic acids is 1. The number of rotatable bonds is 7. The van der Waals surface area contributed by atoms with Gasteiger partial charge in [-0.15, -0.1) is 0 Å². The Bertz CT molecular complexity index is 624. The van der Waals surface area contributed by atoms with Crippen molar-refractivity contribution in [1.82, 2.24) is 0 Å². The summed E-state index contributed by atoms with van der Waals surface area (Å²) in [5, 5.41) is 12.6. The van der Waals surface area contributed by atoms with Gasteiger partial charge in [-0.25, -0.2) is 4.79 Å². The molecular weight excluding hydrogens is 294 g/mol. The molecule has 5 nitrogen and oxygen atoms in total. The first-order valence-corrected chi connectivity index (χ1v) is 6.95. The summed E-state index contributed by atoms with van der Waals surface area (Å²) in [5.74, 6) is 0.208. The zero-order valence-corrected chi connectivity index (χ0v) is 12.3. The molecule has 0 aliphatic carbocycles. The number of aromatic carboxylic acids is 1. The monoisotopic (exact) mass is 309 g/mol. The molecule has 2 aromatic rings. The summed E-state index contributed by atoms with van der Waals surface area (Å²) < 4.78 is 10.8. The van der Waals surface area contributed by atoms with Crippen LogP contribution in [-0.4, -0.2) is 17.7 Å². The summed E-state index contributed by atoms with van der Waals surface area (Å²) in [7, 11) is 0. The van der Waals surface area contributed by atoms with E-state index in [2.05, 4.69) is 5.32 Å². The van der Waals surface area contributed by atoms with E-state index in [1.807, 2.05) is 6.92 Å². The fraction of sp³-hybridized carbons (Fsp3) is 0.267. The number of hydrogen-bond acceptors (Lipinski definition) is 4. The molecule has 0 amide bonds. The predicted molar refractivity (Wildman–Crippen MR) is 80.2 cm³/mol. The van der Waals surface area contributed by atoms with Gasteiger partial charge in [0.2, 0.25) is 0 Å². The number of carbonyl (C=O) groups is 1. The average molecular weight is 310 g/mol. The van der Waals surface area contributed by atoms with E-state index in [9.17, 15) is 4.79 Å². The number of ether oxygens (including phenoxy) is 1. The minimum Gasteiger partial charge on any atom is -0.491 e. The molecule has 6 heteroatoms. The molecule has 0 aliphatic rings. The van der Waals surface area contributed by atoms with Crippen molar-refractivity contribution in [3.8, 4) is 5.75 Å². The summed E-state index contributed by atoms with van der Waals surface area (Å²) >= 11 is 5.98. The number of nitrogens with one attached hydrogen (secondary N) is 1. The number of furan rings is 1. The van der Waals surface area contributed by atoms with Crippen molar-refractivity contribution in [2.45, 2.75) is 19.9 Å². The van der Waals surface area contributed by atoms with Gasteiger partial charge in [0.25, 0.3) is 0 Å². The van der Waals surface area contributed by atoms with E-state index in [0.717, 1.165) is 12.1 Å². The van der Waals surface area contributed by atoms with E-state index in [1.54, 1.807) is 18.2 Å². The summed E-state index contributed by atoms with van der Waals surface area (Å²) in [4.78, 5) is 10.8. The summed E-state index contributed by atoms with van der Waals surface area (Å²) in [5.41, 5.74) is 0.865. The van der Waals surface area contributed by atoms with Crippen LogP contribution in [0.15, 0.2) is 34.9 Å². The Morgan fingerprint density at radius 2 is 2.24 bits per heavy atom. The molecule has 0 radical (unpaired) electrons. The van der Waals surface area contributed by atoms with Gasteiger partial charge in [0, 0.05) is 5.02 Å². The second kappa shape index (κ2) is 7.04. The predicted octanol–water partition coefficient (Wildman–Crippen LogP) is 4.03. The van der Waals surface area contributed by atoms with Crippen LogP contribution in [0.25, 0.3) is 0 Å². The van der Waals surface area contributed by atoms with Crippen molar-refractivity contribution in [2.24, 2.45) is 0 Å². The first kappa shape index (κ1) is 15.3. The molecule has 112 valence electrons. The molecule has 0 bridgehead atoms. The smallest absolute Gasteiger partial charge is 0.338 e. The Hall–Kier alpha value is -2.14. The van der Waals surface area contributed by atoms with Crippen LogP contribution in [0.3, 0.4) is 0 Å². The zero-order chi connectivity index (χ0) is 15.2. The molecule has 0 atom stereocenters. The summed E-state index contributed by atoms with van der Waals surface area (Å²) in [6.07, 6.45) is 2.12. The molecule has 0 unspecified atom stereocenters. The maximum absolute atomic E-state index is 10.8. The van der Waals surface area contributed by atoms with Gasteiger partial charge in [-0.2, -0.15) is 0 Å². The van der Waals surface area contributed by atoms with Gasteiger partial charge in [0.1, 0.15) is 17.8 Å². The van der Waals surface area contributed by atoms with E-state index in [1.165, 1.54) is 12.3 Å². The van der Waals surface area contributed by atoms with Crippen molar-refractivity contribution in [1.29, 1.82) is 0 Å². The standard InChI is InChI=1S/C15H16ClNO4/c1-2-5-20-14-4-3-11(16)7-13(14)17-8-12-6-10(9-21-12)15(18)19/h3-4,6-7,9,17H,2,5,8H2,1H3,(H,18,19). The van der Waals surface area contributed by atoms with E-state index in [-0.39, 0.29) is 5.56 Å². The van der Waals surface area contributed by atoms with Crippen LogP contribution in [0.4, 0.5) is 5.69 Å². The minimum absolute atomic E-state index is 0.125. The van der Waals surface area contributed by atoms with Gasteiger partial charge in [-0.3, -0.25) is 0 Å². The average Bonchev–Trinajstić information content (AvgIpc) is 2.93. The molecule has 1 aromatic carbocycles. The number of halogens is 1. The summed E-state index contributed by atoms with van der Waals surface area (Å²) in [6, 6.07) is 6.79. The molecule has 2 rings (SSSR count). The molecule has 0 saturated carbocycles. The Morgan fingerprint density at radius 3 is 2.90 bits per heavy atom. The van der Waals surface area contributed by atoms with Gasteiger partial charge < -0.3 is 19.6 Å². The molecule has 21 heavy (non-hydrogen) atoms. The van der Waals surface area contributed by atoms with E-state index < -0.39 is 5.97 Å². The lowest BCUT2D eigenvalue weighted by atomic mass is 10.2. The first-order valence-electron chi connectivity index (χ1n) is 6.57. The molecule has 0 fully saturated rings. The Morgan fingerprint density at radius 1 is 1.43 bits per heavy atom. The van der Waals surface area contributed by atoms with Crippen molar-refractivity contribution in [3.63, 3.8) is 0 Å². The largest absolute Gasteiger partial charge is 0.491 e. The van der Waals surface area contributed by atoms with Gasteiger partial charge in [0.15, 0.2) is 0 Å². The molecule has 1 heterocycles. The Balaban J connectivity index is 2.07. The maximum Gasteiger partial charge on any atom is 0.338 e. The van der Waals surface area contributed by atoms with Crippen LogP contribution in [0, 0.1) is 0 Å². The summed E-state index contributed by atoms with van der Waals surface area (Å²) in [6.45, 7) is 2.98. The number of carboxylic acid groups (broad SMARTS) is 1.